The van der Waals surface area contributed by atoms with Gasteiger partial charge in [-0.2, -0.15) is 0 Å². The standard InChI is InChI=1S/C23H18BrN3O2/c1-15-7-9-16(10-8-15)14-27-21-17(4-3-11-25-21)12-20(23(27)29)22(28)26-19-6-2-5-18(24)13-19/h2-13H,14H2,1H3,(H,26,28). The first kappa shape index (κ1) is 19.1. The molecule has 4 rings (SSSR count). The fourth-order valence-corrected chi connectivity index (χ4v) is 3.56. The Morgan fingerprint density at radius 1 is 1.07 bits per heavy atom. The number of fused-ring (bicyclic) bond motifs is 1. The van der Waals surface area contributed by atoms with E-state index in [0.29, 0.717) is 17.9 Å². The monoisotopic (exact) mass is 447 g/mol. The summed E-state index contributed by atoms with van der Waals surface area (Å²) in [7, 11) is 0. The summed E-state index contributed by atoms with van der Waals surface area (Å²) >= 11 is 3.38. The van der Waals surface area contributed by atoms with E-state index in [-0.39, 0.29) is 11.1 Å². The largest absolute Gasteiger partial charge is 0.322 e. The molecule has 4 aromatic rings. The molecule has 2 heterocycles. The average molecular weight is 448 g/mol. The molecule has 0 saturated carbocycles. The van der Waals surface area contributed by atoms with Crippen molar-refractivity contribution in [2.45, 2.75) is 13.5 Å². The number of rotatable bonds is 4. The molecule has 0 aliphatic carbocycles. The number of benzene rings is 2. The van der Waals surface area contributed by atoms with Crippen molar-refractivity contribution in [3.8, 4) is 0 Å². The molecular formula is C23H18BrN3O2. The number of carbonyl (C=O) groups is 1. The lowest BCUT2D eigenvalue weighted by Gasteiger charge is -2.13. The number of aromatic nitrogens is 2. The van der Waals surface area contributed by atoms with Crippen LogP contribution >= 0.6 is 15.9 Å². The Morgan fingerprint density at radius 3 is 2.62 bits per heavy atom. The van der Waals surface area contributed by atoms with Gasteiger partial charge in [0.15, 0.2) is 0 Å². The first-order valence-corrected chi connectivity index (χ1v) is 9.91. The molecule has 0 unspecified atom stereocenters. The molecule has 5 nitrogen and oxygen atoms in total. The lowest BCUT2D eigenvalue weighted by Crippen LogP contribution is -2.30. The van der Waals surface area contributed by atoms with E-state index in [2.05, 4.69) is 26.2 Å². The van der Waals surface area contributed by atoms with Gasteiger partial charge >= 0.3 is 0 Å². The van der Waals surface area contributed by atoms with E-state index in [1.54, 1.807) is 35.0 Å². The molecule has 2 aromatic carbocycles. The fraction of sp³-hybridized carbons (Fsp3) is 0.0870. The Hall–Kier alpha value is -3.25. The number of halogens is 1. The van der Waals surface area contributed by atoms with Gasteiger partial charge in [0, 0.05) is 21.7 Å². The highest BCUT2D eigenvalue weighted by Gasteiger charge is 2.17. The van der Waals surface area contributed by atoms with E-state index in [1.807, 2.05) is 49.4 Å². The third kappa shape index (κ3) is 4.12. The molecule has 0 aliphatic rings. The van der Waals surface area contributed by atoms with Crippen LogP contribution in [0.5, 0.6) is 0 Å². The van der Waals surface area contributed by atoms with Crippen molar-refractivity contribution in [2.75, 3.05) is 5.32 Å². The van der Waals surface area contributed by atoms with Crippen LogP contribution in [0.3, 0.4) is 0 Å². The van der Waals surface area contributed by atoms with Crippen LogP contribution in [0.4, 0.5) is 5.69 Å². The highest BCUT2D eigenvalue weighted by molar-refractivity contribution is 9.10. The van der Waals surface area contributed by atoms with Crippen LogP contribution < -0.4 is 10.9 Å². The molecule has 1 amide bonds. The number of hydrogen-bond donors (Lipinski definition) is 1. The molecular weight excluding hydrogens is 430 g/mol. The Bertz CT molecular complexity index is 1260. The second-order valence-corrected chi connectivity index (χ2v) is 7.73. The van der Waals surface area contributed by atoms with E-state index >= 15 is 0 Å². The molecule has 0 spiro atoms. The van der Waals surface area contributed by atoms with Crippen LogP contribution in [0, 0.1) is 6.92 Å². The zero-order valence-corrected chi connectivity index (χ0v) is 17.3. The third-order valence-electron chi connectivity index (χ3n) is 4.64. The van der Waals surface area contributed by atoms with Crippen molar-refractivity contribution >= 4 is 38.6 Å². The number of amides is 1. The number of anilines is 1. The Labute approximate surface area is 176 Å². The third-order valence-corrected chi connectivity index (χ3v) is 5.13. The highest BCUT2D eigenvalue weighted by Crippen LogP contribution is 2.18. The predicted molar refractivity (Wildman–Crippen MR) is 118 cm³/mol. The molecule has 0 aliphatic heterocycles. The minimum atomic E-state index is -0.448. The van der Waals surface area contributed by atoms with Crippen molar-refractivity contribution in [1.82, 2.24) is 9.55 Å². The van der Waals surface area contributed by atoms with E-state index in [9.17, 15) is 9.59 Å². The van der Waals surface area contributed by atoms with Gasteiger partial charge in [0.2, 0.25) is 0 Å². The number of carbonyl (C=O) groups excluding carboxylic acids is 1. The van der Waals surface area contributed by atoms with E-state index in [4.69, 9.17) is 0 Å². The lowest BCUT2D eigenvalue weighted by molar-refractivity contribution is 0.102. The van der Waals surface area contributed by atoms with E-state index < -0.39 is 5.91 Å². The minimum absolute atomic E-state index is 0.0811. The number of nitrogens with zero attached hydrogens (tertiary/aromatic N) is 2. The van der Waals surface area contributed by atoms with Crippen LogP contribution in [-0.2, 0) is 6.54 Å². The number of hydrogen-bond acceptors (Lipinski definition) is 3. The summed E-state index contributed by atoms with van der Waals surface area (Å²) in [5.74, 6) is -0.448. The molecule has 29 heavy (non-hydrogen) atoms. The second kappa shape index (κ2) is 8.01. The van der Waals surface area contributed by atoms with Gasteiger partial charge in [-0.25, -0.2) is 4.98 Å². The zero-order chi connectivity index (χ0) is 20.4. The second-order valence-electron chi connectivity index (χ2n) is 6.82. The van der Waals surface area contributed by atoms with Crippen molar-refractivity contribution in [2.24, 2.45) is 0 Å². The van der Waals surface area contributed by atoms with Gasteiger partial charge < -0.3 is 5.32 Å². The molecule has 6 heteroatoms. The number of pyridine rings is 2. The Balaban J connectivity index is 1.78. The normalized spacial score (nSPS) is 10.8. The summed E-state index contributed by atoms with van der Waals surface area (Å²) in [5.41, 5.74) is 2.99. The summed E-state index contributed by atoms with van der Waals surface area (Å²) in [5, 5.41) is 3.54. The minimum Gasteiger partial charge on any atom is -0.322 e. The van der Waals surface area contributed by atoms with Gasteiger partial charge in [0.25, 0.3) is 11.5 Å². The predicted octanol–water partition coefficient (Wildman–Crippen LogP) is 4.77. The van der Waals surface area contributed by atoms with Crippen molar-refractivity contribution < 1.29 is 4.79 Å². The van der Waals surface area contributed by atoms with Gasteiger partial charge in [-0.05, 0) is 48.9 Å². The SMILES string of the molecule is Cc1ccc(Cn2c(=O)c(C(=O)Nc3cccc(Br)c3)cc3cccnc32)cc1. The van der Waals surface area contributed by atoms with Gasteiger partial charge in [-0.15, -0.1) is 0 Å². The molecule has 0 bridgehead atoms. The number of aryl methyl sites for hydroxylation is 1. The summed E-state index contributed by atoms with van der Waals surface area (Å²) in [4.78, 5) is 30.5. The zero-order valence-electron chi connectivity index (χ0n) is 15.7. The van der Waals surface area contributed by atoms with E-state index in [1.165, 1.54) is 0 Å². The van der Waals surface area contributed by atoms with Crippen molar-refractivity contribution in [3.05, 3.63) is 104 Å². The smallest absolute Gasteiger partial charge is 0.265 e. The molecule has 1 N–H and O–H groups in total. The van der Waals surface area contributed by atoms with E-state index in [0.717, 1.165) is 21.0 Å². The first-order valence-electron chi connectivity index (χ1n) is 9.12. The molecule has 0 radical (unpaired) electrons. The Kier molecular flexibility index (Phi) is 5.27. The quantitative estimate of drug-likeness (QED) is 0.489. The summed E-state index contributed by atoms with van der Waals surface area (Å²) < 4.78 is 2.39. The molecule has 0 fully saturated rings. The molecule has 0 atom stereocenters. The average Bonchev–Trinajstić information content (AvgIpc) is 2.71. The Morgan fingerprint density at radius 2 is 1.86 bits per heavy atom. The maximum absolute atomic E-state index is 13.2. The molecule has 144 valence electrons. The topological polar surface area (TPSA) is 64.0 Å². The van der Waals surface area contributed by atoms with Crippen LogP contribution in [-0.4, -0.2) is 15.5 Å². The fourth-order valence-electron chi connectivity index (χ4n) is 3.16. The number of nitrogens with one attached hydrogen (secondary N) is 1. The van der Waals surface area contributed by atoms with Gasteiger partial charge in [-0.1, -0.05) is 51.8 Å². The molecule has 0 saturated heterocycles. The summed E-state index contributed by atoms with van der Waals surface area (Å²) in [6.07, 6.45) is 1.65. The van der Waals surface area contributed by atoms with Gasteiger partial charge in [0.05, 0.1) is 6.54 Å². The first-order chi connectivity index (χ1) is 14.0. The summed E-state index contributed by atoms with van der Waals surface area (Å²) in [6, 6.07) is 20.4. The van der Waals surface area contributed by atoms with Crippen LogP contribution in [0.25, 0.3) is 11.0 Å². The van der Waals surface area contributed by atoms with Crippen LogP contribution in [0.1, 0.15) is 21.5 Å². The van der Waals surface area contributed by atoms with Gasteiger partial charge in [-0.3, -0.25) is 14.2 Å². The molecule has 2 aromatic heterocycles. The van der Waals surface area contributed by atoms with Crippen LogP contribution in [0.2, 0.25) is 0 Å². The van der Waals surface area contributed by atoms with Crippen molar-refractivity contribution in [1.29, 1.82) is 0 Å². The maximum Gasteiger partial charge on any atom is 0.265 e. The van der Waals surface area contributed by atoms with Crippen LogP contribution in [0.15, 0.2) is 82.2 Å². The lowest BCUT2D eigenvalue weighted by atomic mass is 10.1. The van der Waals surface area contributed by atoms with Gasteiger partial charge in [0.1, 0.15) is 11.2 Å². The summed E-state index contributed by atoms with van der Waals surface area (Å²) in [6.45, 7) is 2.35. The maximum atomic E-state index is 13.2. The van der Waals surface area contributed by atoms with Crippen molar-refractivity contribution in [3.63, 3.8) is 0 Å². The highest BCUT2D eigenvalue weighted by atomic mass is 79.9.